The van der Waals surface area contributed by atoms with Crippen LogP contribution < -0.4 is 5.32 Å². The van der Waals surface area contributed by atoms with Gasteiger partial charge in [0, 0.05) is 19.2 Å². The highest BCUT2D eigenvalue weighted by molar-refractivity contribution is 4.83. The van der Waals surface area contributed by atoms with Gasteiger partial charge in [-0.2, -0.15) is 0 Å². The summed E-state index contributed by atoms with van der Waals surface area (Å²) in [6, 6.07) is 0.543. The molecule has 1 aliphatic rings. The lowest BCUT2D eigenvalue weighted by Gasteiger charge is -2.36. The van der Waals surface area contributed by atoms with Crippen molar-refractivity contribution in [3.05, 3.63) is 0 Å². The van der Waals surface area contributed by atoms with Gasteiger partial charge in [0.05, 0.1) is 6.10 Å². The Morgan fingerprint density at radius 3 is 2.92 bits per heavy atom. The Kier molecular flexibility index (Phi) is 3.98. The predicted molar refractivity (Wildman–Crippen MR) is 50.4 cm³/mol. The summed E-state index contributed by atoms with van der Waals surface area (Å²) >= 11 is 0. The summed E-state index contributed by atoms with van der Waals surface area (Å²) < 4.78 is 5.65. The van der Waals surface area contributed by atoms with Gasteiger partial charge in [0.15, 0.2) is 0 Å². The number of nitrogens with zero attached hydrogens (tertiary/aromatic N) is 1. The maximum absolute atomic E-state index is 5.65. The Morgan fingerprint density at radius 2 is 2.33 bits per heavy atom. The first-order valence-corrected chi connectivity index (χ1v) is 4.75. The van der Waals surface area contributed by atoms with E-state index in [1.165, 1.54) is 13.0 Å². The molecule has 1 saturated heterocycles. The molecule has 0 aromatic rings. The third-order valence-corrected chi connectivity index (χ3v) is 2.51. The van der Waals surface area contributed by atoms with Crippen LogP contribution in [0.5, 0.6) is 0 Å². The molecule has 1 heterocycles. The molecule has 0 amide bonds. The van der Waals surface area contributed by atoms with Gasteiger partial charge in [-0.3, -0.25) is 0 Å². The number of piperidine rings is 1. The van der Waals surface area contributed by atoms with E-state index in [1.807, 2.05) is 7.05 Å². The Morgan fingerprint density at radius 1 is 1.58 bits per heavy atom. The van der Waals surface area contributed by atoms with Gasteiger partial charge in [-0.05, 0) is 34.0 Å². The highest BCUT2D eigenvalue weighted by atomic mass is 16.5. The Balaban J connectivity index is 2.40. The SMILES string of the molecule is CCOC1CN(C)CCC1NC. The van der Waals surface area contributed by atoms with E-state index in [0.29, 0.717) is 12.1 Å². The van der Waals surface area contributed by atoms with Crippen LogP contribution >= 0.6 is 0 Å². The average Bonchev–Trinajstić information content (AvgIpc) is 2.05. The number of likely N-dealkylation sites (N-methyl/N-ethyl adjacent to an activating group) is 2. The van der Waals surface area contributed by atoms with Gasteiger partial charge in [0.2, 0.25) is 0 Å². The fraction of sp³-hybridized carbons (Fsp3) is 1.00. The topological polar surface area (TPSA) is 24.5 Å². The molecule has 1 fully saturated rings. The van der Waals surface area contributed by atoms with E-state index in [4.69, 9.17) is 4.74 Å². The van der Waals surface area contributed by atoms with E-state index in [-0.39, 0.29) is 0 Å². The molecule has 2 atom stereocenters. The first-order valence-electron chi connectivity index (χ1n) is 4.75. The summed E-state index contributed by atoms with van der Waals surface area (Å²) in [7, 11) is 4.17. The fourth-order valence-corrected chi connectivity index (χ4v) is 1.78. The summed E-state index contributed by atoms with van der Waals surface area (Å²) in [5.41, 5.74) is 0. The zero-order valence-corrected chi connectivity index (χ0v) is 8.34. The molecule has 1 aliphatic heterocycles. The highest BCUT2D eigenvalue weighted by Crippen LogP contribution is 2.12. The molecule has 0 aromatic carbocycles. The Labute approximate surface area is 75.1 Å². The van der Waals surface area contributed by atoms with E-state index in [1.54, 1.807) is 0 Å². The average molecular weight is 172 g/mol. The maximum Gasteiger partial charge on any atom is 0.0854 e. The molecule has 0 radical (unpaired) electrons. The fourth-order valence-electron chi connectivity index (χ4n) is 1.78. The standard InChI is InChI=1S/C9H20N2O/c1-4-12-9-7-11(3)6-5-8(9)10-2/h8-10H,4-7H2,1-3H3. The number of rotatable bonds is 3. The number of nitrogens with one attached hydrogen (secondary N) is 1. The maximum atomic E-state index is 5.65. The quantitative estimate of drug-likeness (QED) is 0.663. The predicted octanol–water partition coefficient (Wildman–Crippen LogP) is 0.315. The Hall–Kier alpha value is -0.120. The molecule has 0 bridgehead atoms. The van der Waals surface area contributed by atoms with E-state index in [0.717, 1.165) is 13.2 Å². The molecule has 0 aliphatic carbocycles. The van der Waals surface area contributed by atoms with E-state index < -0.39 is 0 Å². The van der Waals surface area contributed by atoms with Crippen molar-refractivity contribution >= 4 is 0 Å². The summed E-state index contributed by atoms with van der Waals surface area (Å²) in [6.45, 7) is 5.10. The molecule has 3 nitrogen and oxygen atoms in total. The second-order valence-corrected chi connectivity index (χ2v) is 3.44. The van der Waals surface area contributed by atoms with Crippen LogP contribution in [-0.2, 0) is 4.74 Å². The molecular formula is C9H20N2O. The minimum absolute atomic E-state index is 0.374. The van der Waals surface area contributed by atoms with Gasteiger partial charge >= 0.3 is 0 Å². The van der Waals surface area contributed by atoms with Crippen LogP contribution in [0.1, 0.15) is 13.3 Å². The summed E-state index contributed by atoms with van der Waals surface area (Å²) in [6.07, 6.45) is 1.57. The lowest BCUT2D eigenvalue weighted by molar-refractivity contribution is -0.00807. The minimum Gasteiger partial charge on any atom is -0.376 e. The van der Waals surface area contributed by atoms with Crippen LogP contribution in [0.2, 0.25) is 0 Å². The molecule has 1 rings (SSSR count). The van der Waals surface area contributed by atoms with Gasteiger partial charge < -0.3 is 15.0 Å². The molecule has 1 N–H and O–H groups in total. The zero-order valence-electron chi connectivity index (χ0n) is 8.34. The van der Waals surface area contributed by atoms with Gasteiger partial charge in [0.25, 0.3) is 0 Å². The van der Waals surface area contributed by atoms with Crippen LogP contribution in [0.3, 0.4) is 0 Å². The molecule has 12 heavy (non-hydrogen) atoms. The van der Waals surface area contributed by atoms with E-state index in [2.05, 4.69) is 24.2 Å². The summed E-state index contributed by atoms with van der Waals surface area (Å²) in [5, 5.41) is 3.31. The molecule has 2 unspecified atom stereocenters. The third kappa shape index (κ3) is 2.44. The van der Waals surface area contributed by atoms with Crippen molar-refractivity contribution in [1.82, 2.24) is 10.2 Å². The van der Waals surface area contributed by atoms with Crippen LogP contribution in [0.4, 0.5) is 0 Å². The van der Waals surface area contributed by atoms with Crippen LogP contribution in [0.15, 0.2) is 0 Å². The van der Waals surface area contributed by atoms with Crippen molar-refractivity contribution in [2.24, 2.45) is 0 Å². The lowest BCUT2D eigenvalue weighted by Crippen LogP contribution is -2.51. The van der Waals surface area contributed by atoms with Gasteiger partial charge in [-0.15, -0.1) is 0 Å². The second-order valence-electron chi connectivity index (χ2n) is 3.44. The van der Waals surface area contributed by atoms with Crippen molar-refractivity contribution in [2.45, 2.75) is 25.5 Å². The van der Waals surface area contributed by atoms with Crippen LogP contribution in [0, 0.1) is 0 Å². The van der Waals surface area contributed by atoms with Gasteiger partial charge in [-0.1, -0.05) is 0 Å². The van der Waals surface area contributed by atoms with Crippen LogP contribution in [0.25, 0.3) is 0 Å². The molecule has 0 aromatic heterocycles. The van der Waals surface area contributed by atoms with Crippen molar-refractivity contribution in [1.29, 1.82) is 0 Å². The lowest BCUT2D eigenvalue weighted by atomic mass is 10.0. The smallest absolute Gasteiger partial charge is 0.0854 e. The molecular weight excluding hydrogens is 152 g/mol. The molecule has 72 valence electrons. The third-order valence-electron chi connectivity index (χ3n) is 2.51. The first kappa shape index (κ1) is 9.96. The normalized spacial score (nSPS) is 32.2. The van der Waals surface area contributed by atoms with Crippen molar-refractivity contribution < 1.29 is 4.74 Å². The number of hydrogen-bond acceptors (Lipinski definition) is 3. The number of likely N-dealkylation sites (tertiary alicyclic amines) is 1. The highest BCUT2D eigenvalue weighted by Gasteiger charge is 2.26. The summed E-state index contributed by atoms with van der Waals surface area (Å²) in [5.74, 6) is 0. The van der Waals surface area contributed by atoms with E-state index >= 15 is 0 Å². The van der Waals surface area contributed by atoms with Crippen molar-refractivity contribution in [2.75, 3.05) is 33.8 Å². The first-order chi connectivity index (χ1) is 5.77. The largest absolute Gasteiger partial charge is 0.376 e. The zero-order chi connectivity index (χ0) is 8.97. The van der Waals surface area contributed by atoms with Crippen LogP contribution in [-0.4, -0.2) is 50.8 Å². The number of ether oxygens (including phenoxy) is 1. The summed E-state index contributed by atoms with van der Waals surface area (Å²) in [4.78, 5) is 2.33. The van der Waals surface area contributed by atoms with Gasteiger partial charge in [0.1, 0.15) is 0 Å². The second kappa shape index (κ2) is 4.80. The van der Waals surface area contributed by atoms with Crippen molar-refractivity contribution in [3.8, 4) is 0 Å². The minimum atomic E-state index is 0.374. The monoisotopic (exact) mass is 172 g/mol. The Bertz CT molecular complexity index is 130. The van der Waals surface area contributed by atoms with Crippen molar-refractivity contribution in [3.63, 3.8) is 0 Å². The molecule has 0 spiro atoms. The van der Waals surface area contributed by atoms with Gasteiger partial charge in [-0.25, -0.2) is 0 Å². The molecule has 0 saturated carbocycles. The number of hydrogen-bond donors (Lipinski definition) is 1. The molecule has 3 heteroatoms. The van der Waals surface area contributed by atoms with E-state index in [9.17, 15) is 0 Å².